The number of carbonyl (C=O) groups is 2. The Bertz CT molecular complexity index is 803. The summed E-state index contributed by atoms with van der Waals surface area (Å²) < 4.78 is 0. The molecule has 0 aromatic heterocycles. The first-order valence-electron chi connectivity index (χ1n) is 10.9. The van der Waals surface area contributed by atoms with Gasteiger partial charge < -0.3 is 21.1 Å². The summed E-state index contributed by atoms with van der Waals surface area (Å²) in [6.45, 7) is 1.67. The zero-order valence-corrected chi connectivity index (χ0v) is 17.3. The second-order valence-electron chi connectivity index (χ2n) is 8.87. The van der Waals surface area contributed by atoms with Gasteiger partial charge in [-0.1, -0.05) is 37.1 Å². The molecule has 0 unspecified atom stereocenters. The van der Waals surface area contributed by atoms with E-state index in [0.717, 1.165) is 44.1 Å². The molecule has 0 radical (unpaired) electrons. The van der Waals surface area contributed by atoms with E-state index in [4.69, 9.17) is 11.1 Å². The summed E-state index contributed by atoms with van der Waals surface area (Å²) in [7, 11) is 0. The fourth-order valence-electron chi connectivity index (χ4n) is 5.98. The number of hydrogen-bond donors (Lipinski definition) is 4. The van der Waals surface area contributed by atoms with Crippen LogP contribution in [0.15, 0.2) is 24.3 Å². The molecule has 2 bridgehead atoms. The number of amidine groups is 1. The molecule has 1 saturated heterocycles. The maximum absolute atomic E-state index is 13.0. The topological polar surface area (TPSA) is 123 Å². The van der Waals surface area contributed by atoms with Gasteiger partial charge in [0.2, 0.25) is 0 Å². The van der Waals surface area contributed by atoms with E-state index in [2.05, 4.69) is 5.32 Å². The number of nitrogen functional groups attached to an aromatic ring is 1. The fraction of sp³-hybridized carbons (Fsp3) is 0.591. The van der Waals surface area contributed by atoms with Crippen molar-refractivity contribution in [3.8, 4) is 0 Å². The molecule has 1 aromatic carbocycles. The van der Waals surface area contributed by atoms with Crippen LogP contribution in [0.5, 0.6) is 0 Å². The minimum atomic E-state index is -0.848. The van der Waals surface area contributed by atoms with Gasteiger partial charge in [-0.05, 0) is 43.1 Å². The molecular formula is C22H31N5O3. The third-order valence-corrected chi connectivity index (χ3v) is 7.39. The largest absolute Gasteiger partial charge is 0.465 e. The average molecular weight is 414 g/mol. The molecule has 162 valence electrons. The highest BCUT2D eigenvalue weighted by molar-refractivity contribution is 5.94. The molecule has 1 aromatic rings. The standard InChI is InChI=1S/C22H31N5O3/c23-19(24)16-9-7-15(8-10-16)13-25-20(28)26-11-12-27(21(29)30)22(14-26)17-3-1-4-18(22)6-2-5-17/h7-10,17-18H,1-6,11-14H2,(H3,23,24)(H,25,28)(H,29,30). The van der Waals surface area contributed by atoms with Crippen LogP contribution in [0.3, 0.4) is 0 Å². The van der Waals surface area contributed by atoms with Crippen molar-refractivity contribution < 1.29 is 14.7 Å². The monoisotopic (exact) mass is 413 g/mol. The third-order valence-electron chi connectivity index (χ3n) is 7.39. The Morgan fingerprint density at radius 2 is 1.70 bits per heavy atom. The average Bonchev–Trinajstić information content (AvgIpc) is 2.71. The summed E-state index contributed by atoms with van der Waals surface area (Å²) in [6.07, 6.45) is 5.69. The second kappa shape index (κ2) is 8.16. The van der Waals surface area contributed by atoms with E-state index in [0.29, 0.717) is 43.6 Å². The van der Waals surface area contributed by atoms with Crippen LogP contribution in [0.25, 0.3) is 0 Å². The highest BCUT2D eigenvalue weighted by Crippen LogP contribution is 2.52. The van der Waals surface area contributed by atoms with E-state index >= 15 is 0 Å². The van der Waals surface area contributed by atoms with Gasteiger partial charge >= 0.3 is 12.1 Å². The van der Waals surface area contributed by atoms with Gasteiger partial charge in [0, 0.05) is 31.7 Å². The van der Waals surface area contributed by atoms with Crippen molar-refractivity contribution in [3.63, 3.8) is 0 Å². The molecule has 5 N–H and O–H groups in total. The summed E-state index contributed by atoms with van der Waals surface area (Å²) >= 11 is 0. The summed E-state index contributed by atoms with van der Waals surface area (Å²) in [5.74, 6) is 0.705. The van der Waals surface area contributed by atoms with E-state index in [1.165, 1.54) is 0 Å². The number of rotatable bonds is 3. The van der Waals surface area contributed by atoms with Crippen LogP contribution in [0.2, 0.25) is 0 Å². The molecule has 3 amide bonds. The lowest BCUT2D eigenvalue weighted by Gasteiger charge is -2.61. The molecular weight excluding hydrogens is 382 g/mol. The first-order chi connectivity index (χ1) is 14.4. The van der Waals surface area contributed by atoms with Crippen molar-refractivity contribution in [3.05, 3.63) is 35.4 Å². The van der Waals surface area contributed by atoms with Crippen LogP contribution in [-0.2, 0) is 6.54 Å². The number of piperazine rings is 1. The Balaban J connectivity index is 1.46. The van der Waals surface area contributed by atoms with E-state index in [-0.39, 0.29) is 11.9 Å². The van der Waals surface area contributed by atoms with Gasteiger partial charge in [0.25, 0.3) is 0 Å². The molecule has 8 heteroatoms. The van der Waals surface area contributed by atoms with Crippen LogP contribution in [0.1, 0.15) is 49.7 Å². The fourth-order valence-corrected chi connectivity index (χ4v) is 5.98. The summed E-state index contributed by atoms with van der Waals surface area (Å²) in [5, 5.41) is 20.4. The predicted octanol–water partition coefficient (Wildman–Crippen LogP) is 2.81. The Hall–Kier alpha value is -2.77. The van der Waals surface area contributed by atoms with Gasteiger partial charge in [-0.25, -0.2) is 9.59 Å². The highest BCUT2D eigenvalue weighted by Gasteiger charge is 2.57. The number of carbonyl (C=O) groups excluding carboxylic acids is 1. The smallest absolute Gasteiger partial charge is 0.407 e. The van der Waals surface area contributed by atoms with E-state index < -0.39 is 11.6 Å². The third kappa shape index (κ3) is 3.59. The number of urea groups is 1. The van der Waals surface area contributed by atoms with E-state index in [9.17, 15) is 14.7 Å². The number of benzene rings is 1. The number of nitrogens with two attached hydrogens (primary N) is 1. The van der Waals surface area contributed by atoms with Crippen LogP contribution in [0, 0.1) is 17.2 Å². The quantitative estimate of drug-likeness (QED) is 0.449. The lowest BCUT2D eigenvalue weighted by atomic mass is 9.58. The molecule has 1 heterocycles. The van der Waals surface area contributed by atoms with Crippen LogP contribution < -0.4 is 11.1 Å². The molecule has 4 rings (SSSR count). The molecule has 3 aliphatic rings. The Morgan fingerprint density at radius 3 is 2.23 bits per heavy atom. The molecule has 3 fully saturated rings. The first kappa shape index (κ1) is 20.5. The summed E-state index contributed by atoms with van der Waals surface area (Å²) in [4.78, 5) is 28.6. The number of hydrogen-bond acceptors (Lipinski definition) is 3. The van der Waals surface area contributed by atoms with Gasteiger partial charge in [-0.2, -0.15) is 0 Å². The normalized spacial score (nSPS) is 28.3. The minimum absolute atomic E-state index is 0.0187. The lowest BCUT2D eigenvalue weighted by Crippen LogP contribution is -2.72. The Labute approximate surface area is 176 Å². The van der Waals surface area contributed by atoms with Crippen LogP contribution >= 0.6 is 0 Å². The van der Waals surface area contributed by atoms with Crippen LogP contribution in [0.4, 0.5) is 9.59 Å². The number of carboxylic acid groups (broad SMARTS) is 1. The van der Waals surface area contributed by atoms with E-state index in [1.807, 2.05) is 17.0 Å². The number of amides is 3. The van der Waals surface area contributed by atoms with Crippen molar-refractivity contribution in [2.45, 2.75) is 50.6 Å². The zero-order chi connectivity index (χ0) is 21.3. The molecule has 0 atom stereocenters. The van der Waals surface area contributed by atoms with Crippen molar-refractivity contribution in [1.82, 2.24) is 15.1 Å². The van der Waals surface area contributed by atoms with Gasteiger partial charge in [0.1, 0.15) is 5.84 Å². The molecule has 8 nitrogen and oxygen atoms in total. The molecule has 2 saturated carbocycles. The zero-order valence-electron chi connectivity index (χ0n) is 17.3. The van der Waals surface area contributed by atoms with E-state index in [1.54, 1.807) is 17.0 Å². The molecule has 2 aliphatic carbocycles. The second-order valence-corrected chi connectivity index (χ2v) is 8.87. The number of nitrogens with one attached hydrogen (secondary N) is 2. The maximum Gasteiger partial charge on any atom is 0.407 e. The van der Waals surface area contributed by atoms with Crippen LogP contribution in [-0.4, -0.2) is 58.0 Å². The summed E-state index contributed by atoms with van der Waals surface area (Å²) in [5.41, 5.74) is 6.64. The molecule has 30 heavy (non-hydrogen) atoms. The lowest BCUT2D eigenvalue weighted by molar-refractivity contribution is -0.0942. The Morgan fingerprint density at radius 1 is 1.10 bits per heavy atom. The van der Waals surface area contributed by atoms with Crippen molar-refractivity contribution >= 4 is 18.0 Å². The van der Waals surface area contributed by atoms with Gasteiger partial charge in [-0.15, -0.1) is 0 Å². The van der Waals surface area contributed by atoms with Gasteiger partial charge in [0.15, 0.2) is 0 Å². The van der Waals surface area contributed by atoms with Gasteiger partial charge in [0.05, 0.1) is 5.54 Å². The summed E-state index contributed by atoms with van der Waals surface area (Å²) in [6, 6.07) is 7.11. The van der Waals surface area contributed by atoms with Crippen molar-refractivity contribution in [2.75, 3.05) is 19.6 Å². The van der Waals surface area contributed by atoms with Crippen molar-refractivity contribution in [2.24, 2.45) is 17.6 Å². The van der Waals surface area contributed by atoms with Gasteiger partial charge in [-0.3, -0.25) is 10.3 Å². The SMILES string of the molecule is N=C(N)c1ccc(CNC(=O)N2CCN(C(=O)O)C3(C2)C2CCCC3CCC2)cc1. The predicted molar refractivity (Wildman–Crippen MR) is 113 cm³/mol. The maximum atomic E-state index is 13.0. The highest BCUT2D eigenvalue weighted by atomic mass is 16.4. The molecule has 1 aliphatic heterocycles. The Kier molecular flexibility index (Phi) is 5.58. The number of nitrogens with zero attached hydrogens (tertiary/aromatic N) is 2. The first-order valence-corrected chi connectivity index (χ1v) is 10.9. The minimum Gasteiger partial charge on any atom is -0.465 e. The molecule has 1 spiro atoms. The van der Waals surface area contributed by atoms with Crippen molar-refractivity contribution in [1.29, 1.82) is 5.41 Å².